The highest BCUT2D eigenvalue weighted by atomic mass is 16.4. The summed E-state index contributed by atoms with van der Waals surface area (Å²) >= 11 is 0. The summed E-state index contributed by atoms with van der Waals surface area (Å²) in [6, 6.07) is 0.795. The summed E-state index contributed by atoms with van der Waals surface area (Å²) in [5, 5.41) is 8.31. The van der Waals surface area contributed by atoms with Gasteiger partial charge in [0.05, 0.1) is 0 Å². The number of rotatable bonds is 1. The molecule has 66 valence electrons. The van der Waals surface area contributed by atoms with Gasteiger partial charge in [0.25, 0.3) is 5.56 Å². The van der Waals surface area contributed by atoms with Crippen molar-refractivity contribution >= 4 is 5.97 Å². The van der Waals surface area contributed by atoms with Gasteiger partial charge in [-0.2, -0.15) is 0 Å². The molecule has 0 spiro atoms. The van der Waals surface area contributed by atoms with E-state index in [2.05, 4.69) is 0 Å². The van der Waals surface area contributed by atoms with Crippen LogP contribution in [0.15, 0.2) is 15.7 Å². The Bertz CT molecular complexity index is 361. The lowest BCUT2D eigenvalue weighted by Gasteiger charge is -1.89. The van der Waals surface area contributed by atoms with Crippen molar-refractivity contribution in [2.24, 2.45) is 0 Å². The topological polar surface area (TPSA) is 135 Å². The molecule has 0 fully saturated rings. The number of aromatic amines is 2. The average Bonchev–Trinajstić information content (AvgIpc) is 1.85. The Morgan fingerprint density at radius 1 is 1.33 bits per heavy atom. The quantitative estimate of drug-likeness (QED) is 0.453. The van der Waals surface area contributed by atoms with Crippen molar-refractivity contribution in [3.8, 4) is 0 Å². The molecule has 0 radical (unpaired) electrons. The van der Waals surface area contributed by atoms with Crippen molar-refractivity contribution in [2.45, 2.75) is 0 Å². The second kappa shape index (κ2) is 3.49. The Labute approximate surface area is 65.0 Å². The number of aromatic nitrogens is 2. The minimum atomic E-state index is -1.34. The van der Waals surface area contributed by atoms with E-state index in [9.17, 15) is 14.4 Å². The van der Waals surface area contributed by atoms with Crippen LogP contribution in [0.5, 0.6) is 0 Å². The normalized spacial score (nSPS) is 8.67. The molecule has 0 aliphatic heterocycles. The molecule has 1 rings (SSSR count). The van der Waals surface area contributed by atoms with Crippen molar-refractivity contribution in [3.05, 3.63) is 32.6 Å². The van der Waals surface area contributed by atoms with Gasteiger partial charge in [-0.15, -0.1) is 0 Å². The molecule has 0 amide bonds. The molecule has 0 saturated heterocycles. The predicted octanol–water partition coefficient (Wildman–Crippen LogP) is -2.06. The lowest BCUT2D eigenvalue weighted by Crippen LogP contribution is -2.24. The first-order valence-corrected chi connectivity index (χ1v) is 2.66. The average molecular weight is 176 g/mol. The maximum absolute atomic E-state index is 10.5. The zero-order valence-electron chi connectivity index (χ0n) is 5.75. The molecule has 0 atom stereocenters. The summed E-state index contributed by atoms with van der Waals surface area (Å²) in [7, 11) is 0. The van der Waals surface area contributed by atoms with Crippen LogP contribution in [0, 0.1) is 0 Å². The van der Waals surface area contributed by atoms with Gasteiger partial charge in [0.15, 0.2) is 0 Å². The maximum Gasteiger partial charge on any atom is 0.352 e. The van der Waals surface area contributed by atoms with E-state index in [1.807, 2.05) is 9.97 Å². The first kappa shape index (κ1) is 10.1. The van der Waals surface area contributed by atoms with Crippen molar-refractivity contribution < 1.29 is 15.4 Å². The molecule has 1 aromatic rings. The molecular weight excluding hydrogens is 170 g/mol. The van der Waals surface area contributed by atoms with E-state index in [0.717, 1.165) is 6.07 Å². The summed E-state index contributed by atoms with van der Waals surface area (Å²) in [6.45, 7) is 0. The van der Waals surface area contributed by atoms with Gasteiger partial charge >= 0.3 is 11.7 Å². The van der Waals surface area contributed by atoms with Gasteiger partial charge in [0.2, 0.25) is 0 Å². The molecule has 0 aliphatic carbocycles. The molecule has 0 unspecified atom stereocenters. The Morgan fingerprint density at radius 3 is 2.33 bits per heavy atom. The van der Waals surface area contributed by atoms with E-state index >= 15 is 0 Å². The number of aromatic carboxylic acids is 1. The monoisotopic (exact) mass is 176 g/mol. The molecule has 1 aromatic heterocycles. The van der Waals surface area contributed by atoms with Gasteiger partial charge in [-0.25, -0.2) is 9.59 Å². The minimum Gasteiger partial charge on any atom is -0.477 e. The molecule has 5 N–H and O–H groups in total. The largest absolute Gasteiger partial charge is 0.477 e. The van der Waals surface area contributed by atoms with Crippen molar-refractivity contribution in [1.29, 1.82) is 0 Å². The van der Waals surface area contributed by atoms with Crippen molar-refractivity contribution in [3.63, 3.8) is 0 Å². The highest BCUT2D eigenvalue weighted by Gasteiger charge is 2.03. The standard InChI is InChI=1S/C5H4N2O4.H2O/c8-3-1-2(4(9)10)6-5(11)7-3;/h1H,(H,9,10)(H2,6,7,8,11);1H2/i6+1,7+1;. The summed E-state index contributed by atoms with van der Waals surface area (Å²) in [5.41, 5.74) is -1.97. The molecule has 0 aromatic carbocycles. The summed E-state index contributed by atoms with van der Waals surface area (Å²) < 4.78 is 0. The molecular formula is C5H6N2O5. The third-order valence-corrected chi connectivity index (χ3v) is 0.991. The van der Waals surface area contributed by atoms with Gasteiger partial charge in [0.1, 0.15) is 5.69 Å². The molecule has 0 saturated carbocycles. The number of hydrogen-bond donors (Lipinski definition) is 3. The molecule has 0 bridgehead atoms. The molecule has 0 aliphatic rings. The number of carboxylic acid groups (broad SMARTS) is 1. The van der Waals surface area contributed by atoms with Crippen molar-refractivity contribution in [1.82, 2.24) is 9.97 Å². The third kappa shape index (κ3) is 2.06. The van der Waals surface area contributed by atoms with Gasteiger partial charge < -0.3 is 15.6 Å². The van der Waals surface area contributed by atoms with Crippen LogP contribution < -0.4 is 11.2 Å². The second-order valence-electron chi connectivity index (χ2n) is 1.81. The SMILES string of the molecule is O.O=C(O)c1cc(=O)[15nH]c(=O)[15nH]1. The fourth-order valence-electron chi connectivity index (χ4n) is 0.584. The minimum absolute atomic E-state index is 0. The lowest BCUT2D eigenvalue weighted by atomic mass is 10.4. The first-order valence-electron chi connectivity index (χ1n) is 2.66. The molecule has 12 heavy (non-hydrogen) atoms. The number of carboxylic acids is 1. The molecule has 1 heterocycles. The second-order valence-corrected chi connectivity index (χ2v) is 1.81. The summed E-state index contributed by atoms with van der Waals surface area (Å²) in [6.07, 6.45) is 0. The van der Waals surface area contributed by atoms with Gasteiger partial charge in [-0.1, -0.05) is 0 Å². The summed E-state index contributed by atoms with van der Waals surface area (Å²) in [5.74, 6) is -1.34. The van der Waals surface area contributed by atoms with E-state index < -0.39 is 22.9 Å². The Balaban J connectivity index is 0.00000121. The number of H-pyrrole nitrogens is 2. The zero-order chi connectivity index (χ0) is 8.43. The highest BCUT2D eigenvalue weighted by molar-refractivity contribution is 5.84. The van der Waals surface area contributed by atoms with Crippen LogP contribution in [0.4, 0.5) is 0 Å². The highest BCUT2D eigenvalue weighted by Crippen LogP contribution is 1.81. The van der Waals surface area contributed by atoms with Crippen molar-refractivity contribution in [2.75, 3.05) is 0 Å². The van der Waals surface area contributed by atoms with Gasteiger partial charge in [-0.05, 0) is 0 Å². The molecule has 7 heteroatoms. The maximum atomic E-state index is 10.5. The van der Waals surface area contributed by atoms with Crippen LogP contribution >= 0.6 is 0 Å². The van der Waals surface area contributed by atoms with E-state index in [1.165, 1.54) is 0 Å². The van der Waals surface area contributed by atoms with E-state index in [0.29, 0.717) is 0 Å². The number of carbonyl (C=O) groups is 1. The van der Waals surface area contributed by atoms with Gasteiger partial charge in [-0.3, -0.25) is 9.78 Å². The Morgan fingerprint density at radius 2 is 1.92 bits per heavy atom. The van der Waals surface area contributed by atoms with Crippen LogP contribution in [-0.4, -0.2) is 26.5 Å². The first-order chi connectivity index (χ1) is 5.09. The van der Waals surface area contributed by atoms with E-state index in [4.69, 9.17) is 5.11 Å². The zero-order valence-corrected chi connectivity index (χ0v) is 5.75. The van der Waals surface area contributed by atoms with Gasteiger partial charge in [0, 0.05) is 6.07 Å². The molecule has 7 nitrogen and oxygen atoms in total. The lowest BCUT2D eigenvalue weighted by molar-refractivity contribution is 0.0689. The van der Waals surface area contributed by atoms with Crippen LogP contribution in [0.1, 0.15) is 10.5 Å². The smallest absolute Gasteiger partial charge is 0.352 e. The Hall–Kier alpha value is -1.89. The van der Waals surface area contributed by atoms with Crippen LogP contribution in [0.3, 0.4) is 0 Å². The van der Waals surface area contributed by atoms with Crippen LogP contribution in [0.25, 0.3) is 0 Å². The number of hydrogen-bond acceptors (Lipinski definition) is 3. The fourth-order valence-corrected chi connectivity index (χ4v) is 0.584. The van der Waals surface area contributed by atoms with E-state index in [1.54, 1.807) is 0 Å². The van der Waals surface area contributed by atoms with Crippen LogP contribution in [-0.2, 0) is 0 Å². The predicted molar refractivity (Wildman–Crippen MR) is 38.3 cm³/mol. The third-order valence-electron chi connectivity index (χ3n) is 0.991. The summed E-state index contributed by atoms with van der Waals surface area (Å²) in [4.78, 5) is 34.9. The van der Waals surface area contributed by atoms with E-state index in [-0.39, 0.29) is 5.48 Å². The Kier molecular flexibility index (Phi) is 2.94. The fraction of sp³-hybridized carbons (Fsp3) is 0. The van der Waals surface area contributed by atoms with Crippen LogP contribution in [0.2, 0.25) is 0 Å². The number of nitrogens with one attached hydrogen (secondary N) is 2.